The van der Waals surface area contributed by atoms with Crippen molar-refractivity contribution < 1.29 is 22.0 Å². The molecule has 0 N–H and O–H groups in total. The molecule has 0 fully saturated rings. The topological polar surface area (TPSA) is 0 Å². The van der Waals surface area contributed by atoms with Crippen LogP contribution in [0.15, 0.2) is 23.3 Å². The lowest BCUT2D eigenvalue weighted by atomic mass is 9.66. The molecule has 0 saturated carbocycles. The maximum absolute atomic E-state index is 13.0. The Morgan fingerprint density at radius 3 is 1.42 bits per heavy atom. The molecule has 0 unspecified atom stereocenters. The lowest BCUT2D eigenvalue weighted by molar-refractivity contribution is 0.0490. The largest absolute Gasteiger partial charge is 0.245 e. The number of hydrogen-bond acceptors (Lipinski definition) is 0. The van der Waals surface area contributed by atoms with Crippen molar-refractivity contribution in [3.63, 3.8) is 0 Å². The molecule has 2 rings (SSSR count). The summed E-state index contributed by atoms with van der Waals surface area (Å²) in [5.41, 5.74) is -3.18. The molecule has 12 heavy (non-hydrogen) atoms. The third-order valence-electron chi connectivity index (χ3n) is 2.07. The Morgan fingerprint density at radius 1 is 0.833 bits per heavy atom. The number of halogens is 6. The molecule has 0 aromatic carbocycles. The molecule has 0 aromatic heterocycles. The van der Waals surface area contributed by atoms with Gasteiger partial charge in [-0.15, -0.1) is 0 Å². The van der Waals surface area contributed by atoms with E-state index in [9.17, 15) is 22.0 Å². The lowest BCUT2D eigenvalue weighted by Crippen LogP contribution is -2.64. The Bertz CT molecular complexity index is 284. The Hall–Kier alpha value is -0.140. The van der Waals surface area contributed by atoms with Crippen LogP contribution in [0.25, 0.3) is 0 Å². The molecule has 2 aliphatic carbocycles. The van der Waals surface area contributed by atoms with Gasteiger partial charge >= 0.3 is 0 Å². The van der Waals surface area contributed by atoms with E-state index in [2.05, 4.69) is 0 Å². The van der Waals surface area contributed by atoms with Crippen LogP contribution in [-0.4, -0.2) is 9.09 Å². The molecule has 0 nitrogen and oxygen atoms in total. The molecule has 0 heterocycles. The summed E-state index contributed by atoms with van der Waals surface area (Å²) in [7, 11) is 0. The third kappa shape index (κ3) is 0.464. The number of alkyl halides is 2. The van der Waals surface area contributed by atoms with Crippen LogP contribution in [-0.2, 0) is 0 Å². The number of hydrogen-bond donors (Lipinski definition) is 0. The summed E-state index contributed by atoms with van der Waals surface area (Å²) in [6, 6.07) is 0. The van der Waals surface area contributed by atoms with Crippen molar-refractivity contribution in [1.82, 2.24) is 0 Å². The van der Waals surface area contributed by atoms with E-state index in [1.54, 1.807) is 0 Å². The molecule has 0 bridgehead atoms. The first-order valence-electron chi connectivity index (χ1n) is 2.88. The van der Waals surface area contributed by atoms with Crippen LogP contribution in [0.2, 0.25) is 0 Å². The van der Waals surface area contributed by atoms with Gasteiger partial charge < -0.3 is 0 Å². The molecule has 0 spiro atoms. The van der Waals surface area contributed by atoms with Crippen LogP contribution in [0, 0.1) is 0 Å². The molecule has 0 aromatic rings. The zero-order valence-electron chi connectivity index (χ0n) is 5.27. The van der Waals surface area contributed by atoms with E-state index in [-0.39, 0.29) is 0 Å². The predicted octanol–water partition coefficient (Wildman–Crippen LogP) is 3.20. The fourth-order valence-corrected chi connectivity index (χ4v) is 2.22. The maximum Gasteiger partial charge on any atom is 0.245 e. The van der Waals surface area contributed by atoms with Crippen LogP contribution in [0.5, 0.6) is 0 Å². The lowest BCUT2D eigenvalue weighted by Gasteiger charge is -2.51. The van der Waals surface area contributed by atoms with Gasteiger partial charge in [0.05, 0.1) is 0 Å². The molecular weight excluding hydrogens is 294 g/mol. The van der Waals surface area contributed by atoms with Crippen molar-refractivity contribution in [2.45, 2.75) is 9.09 Å². The summed E-state index contributed by atoms with van der Waals surface area (Å²) in [6.45, 7) is 0. The minimum atomic E-state index is -3.18. The van der Waals surface area contributed by atoms with Gasteiger partial charge in [-0.1, -0.05) is 22.6 Å². The summed E-state index contributed by atoms with van der Waals surface area (Å²) in [4.78, 5) is 0. The van der Waals surface area contributed by atoms with Crippen LogP contribution in [0.3, 0.4) is 0 Å². The Labute approximate surface area is 77.3 Å². The monoisotopic (exact) mass is 294 g/mol. The van der Waals surface area contributed by atoms with E-state index in [1.165, 1.54) is 0 Å². The average Bonchev–Trinajstić information content (AvgIpc) is 2.10. The standard InChI is InChI=1S/C6F5I/c7-1-3(9)6(12)4(10)2(8)5(1,6)11. The maximum atomic E-state index is 13.0. The highest BCUT2D eigenvalue weighted by atomic mass is 127. The van der Waals surface area contributed by atoms with Crippen molar-refractivity contribution in [2.24, 2.45) is 0 Å². The van der Waals surface area contributed by atoms with E-state index >= 15 is 0 Å². The van der Waals surface area contributed by atoms with Gasteiger partial charge in [0.15, 0.2) is 26.7 Å². The van der Waals surface area contributed by atoms with Crippen molar-refractivity contribution in [1.29, 1.82) is 0 Å². The van der Waals surface area contributed by atoms with E-state index in [0.717, 1.165) is 22.6 Å². The molecule has 0 radical (unpaired) electrons. The minimum Gasteiger partial charge on any atom is -0.226 e. The van der Waals surface area contributed by atoms with E-state index in [0.29, 0.717) is 0 Å². The first-order valence-corrected chi connectivity index (χ1v) is 3.96. The van der Waals surface area contributed by atoms with Crippen LogP contribution in [0.4, 0.5) is 22.0 Å². The van der Waals surface area contributed by atoms with Crippen molar-refractivity contribution in [3.8, 4) is 0 Å². The van der Waals surface area contributed by atoms with Gasteiger partial charge in [0.1, 0.15) is 0 Å². The van der Waals surface area contributed by atoms with E-state index in [1.807, 2.05) is 0 Å². The first kappa shape index (κ1) is 8.46. The molecule has 2 aliphatic rings. The molecule has 0 saturated heterocycles. The number of allylic oxidation sites excluding steroid dienone is 4. The molecule has 0 atom stereocenters. The normalized spacial score (nSPS) is 45.5. The van der Waals surface area contributed by atoms with Gasteiger partial charge in [0.2, 0.25) is 5.67 Å². The van der Waals surface area contributed by atoms with Gasteiger partial charge in [-0.05, 0) is 0 Å². The molecule has 0 amide bonds. The van der Waals surface area contributed by atoms with E-state index < -0.39 is 32.4 Å². The second-order valence-corrected chi connectivity index (χ2v) is 4.19. The Morgan fingerprint density at radius 2 is 1.17 bits per heavy atom. The first-order chi connectivity index (χ1) is 5.38. The summed E-state index contributed by atoms with van der Waals surface area (Å²) in [5.74, 6) is -6.83. The zero-order valence-corrected chi connectivity index (χ0v) is 7.43. The SMILES string of the molecule is FC1=C(F)C2(I)C(F)=C(F)C12F. The molecule has 6 heteroatoms. The summed E-state index contributed by atoms with van der Waals surface area (Å²) < 4.78 is 60.3. The van der Waals surface area contributed by atoms with Crippen molar-refractivity contribution in [3.05, 3.63) is 23.3 Å². The highest BCUT2D eigenvalue weighted by molar-refractivity contribution is 14.1. The third-order valence-corrected chi connectivity index (χ3v) is 3.76. The fourth-order valence-electron chi connectivity index (χ4n) is 1.28. The van der Waals surface area contributed by atoms with Gasteiger partial charge in [-0.3, -0.25) is 0 Å². The Balaban J connectivity index is 2.61. The van der Waals surface area contributed by atoms with Crippen molar-refractivity contribution >= 4 is 22.6 Å². The van der Waals surface area contributed by atoms with Crippen LogP contribution < -0.4 is 0 Å². The van der Waals surface area contributed by atoms with Gasteiger partial charge in [0, 0.05) is 0 Å². The second-order valence-electron chi connectivity index (χ2n) is 2.57. The number of fused-ring (bicyclic) bond motifs is 1. The highest BCUT2D eigenvalue weighted by Crippen LogP contribution is 2.71. The highest BCUT2D eigenvalue weighted by Gasteiger charge is 2.81. The van der Waals surface area contributed by atoms with Gasteiger partial charge in [-0.2, -0.15) is 0 Å². The number of rotatable bonds is 0. The summed E-state index contributed by atoms with van der Waals surface area (Å²) >= 11 is 1.02. The summed E-state index contributed by atoms with van der Waals surface area (Å²) in [6.07, 6.45) is 0. The molecular formula is C6F5I. The Kier molecular flexibility index (Phi) is 1.31. The van der Waals surface area contributed by atoms with Crippen molar-refractivity contribution in [2.75, 3.05) is 0 Å². The quantitative estimate of drug-likeness (QED) is 0.365. The predicted molar refractivity (Wildman–Crippen MR) is 39.1 cm³/mol. The second kappa shape index (κ2) is 1.85. The average molecular weight is 294 g/mol. The summed E-state index contributed by atoms with van der Waals surface area (Å²) in [5, 5.41) is 0. The smallest absolute Gasteiger partial charge is 0.226 e. The minimum absolute atomic E-state index is 1.02. The molecule has 0 aliphatic heterocycles. The van der Waals surface area contributed by atoms with E-state index in [4.69, 9.17) is 0 Å². The fraction of sp³-hybridized carbons (Fsp3) is 0.333. The van der Waals surface area contributed by atoms with Crippen LogP contribution in [0.1, 0.15) is 0 Å². The van der Waals surface area contributed by atoms with Crippen LogP contribution >= 0.6 is 22.6 Å². The molecule has 66 valence electrons. The van der Waals surface area contributed by atoms with Gasteiger partial charge in [-0.25, -0.2) is 22.0 Å². The van der Waals surface area contributed by atoms with Gasteiger partial charge in [0.25, 0.3) is 0 Å². The zero-order chi connectivity index (χ0) is 9.31.